The Kier molecular flexibility index (Phi) is 7.26. The first-order valence-electron chi connectivity index (χ1n) is 8.85. The molecule has 1 aromatic heterocycles. The van der Waals surface area contributed by atoms with Crippen molar-refractivity contribution in [3.05, 3.63) is 42.1 Å². The quantitative estimate of drug-likeness (QED) is 0.689. The molecule has 140 valence electrons. The number of carbonyl (C=O) groups excluding carboxylic acids is 1. The van der Waals surface area contributed by atoms with E-state index in [1.54, 1.807) is 30.1 Å². The van der Waals surface area contributed by atoms with Gasteiger partial charge in [-0.2, -0.15) is 5.10 Å². The standard InChI is InChI=1S/C20H27N3O3/c1-5-12-23-19(10-11-21-23)22-20(24)9-7-16-6-8-17(18(13-16)25-4)26-14-15(2)3/h6-11,13,15H,5,12,14H2,1-4H3,(H,22,24)/b9-7+. The van der Waals surface area contributed by atoms with Gasteiger partial charge < -0.3 is 14.8 Å². The number of hydrogen-bond acceptors (Lipinski definition) is 4. The molecular weight excluding hydrogens is 330 g/mol. The molecule has 26 heavy (non-hydrogen) atoms. The number of ether oxygens (including phenoxy) is 2. The summed E-state index contributed by atoms with van der Waals surface area (Å²) in [5.41, 5.74) is 0.857. The van der Waals surface area contributed by atoms with Crippen LogP contribution in [0.25, 0.3) is 6.08 Å². The van der Waals surface area contributed by atoms with E-state index >= 15 is 0 Å². The summed E-state index contributed by atoms with van der Waals surface area (Å²) in [7, 11) is 1.60. The van der Waals surface area contributed by atoms with Crippen molar-refractivity contribution >= 4 is 17.8 Å². The minimum absolute atomic E-state index is 0.207. The van der Waals surface area contributed by atoms with Crippen molar-refractivity contribution < 1.29 is 14.3 Å². The molecule has 0 saturated carbocycles. The number of hydrogen-bond donors (Lipinski definition) is 1. The van der Waals surface area contributed by atoms with Crippen LogP contribution in [-0.4, -0.2) is 29.4 Å². The summed E-state index contributed by atoms with van der Waals surface area (Å²) >= 11 is 0. The van der Waals surface area contributed by atoms with Gasteiger partial charge in [0, 0.05) is 18.7 Å². The van der Waals surface area contributed by atoms with E-state index in [4.69, 9.17) is 9.47 Å². The molecular formula is C20H27N3O3. The molecule has 0 radical (unpaired) electrons. The van der Waals surface area contributed by atoms with E-state index in [9.17, 15) is 4.79 Å². The molecule has 0 unspecified atom stereocenters. The fraction of sp³-hybridized carbons (Fsp3) is 0.400. The van der Waals surface area contributed by atoms with Gasteiger partial charge in [0.1, 0.15) is 5.82 Å². The molecule has 1 heterocycles. The molecule has 0 fully saturated rings. The maximum absolute atomic E-state index is 12.1. The molecule has 1 aromatic carbocycles. The maximum atomic E-state index is 12.1. The zero-order valence-corrected chi connectivity index (χ0v) is 15.9. The number of carbonyl (C=O) groups is 1. The topological polar surface area (TPSA) is 65.4 Å². The highest BCUT2D eigenvalue weighted by molar-refractivity contribution is 6.01. The lowest BCUT2D eigenvalue weighted by Gasteiger charge is -2.12. The smallest absolute Gasteiger partial charge is 0.249 e. The van der Waals surface area contributed by atoms with Crippen molar-refractivity contribution in [2.24, 2.45) is 5.92 Å². The van der Waals surface area contributed by atoms with Gasteiger partial charge in [-0.1, -0.05) is 26.8 Å². The Morgan fingerprint density at radius 1 is 1.31 bits per heavy atom. The highest BCUT2D eigenvalue weighted by atomic mass is 16.5. The average Bonchev–Trinajstić information content (AvgIpc) is 3.05. The lowest BCUT2D eigenvalue weighted by Crippen LogP contribution is -2.13. The minimum atomic E-state index is -0.207. The van der Waals surface area contributed by atoms with Gasteiger partial charge in [0.2, 0.25) is 5.91 Å². The van der Waals surface area contributed by atoms with E-state index in [0.29, 0.717) is 29.8 Å². The van der Waals surface area contributed by atoms with Crippen LogP contribution in [0.5, 0.6) is 11.5 Å². The molecule has 0 atom stereocenters. The Balaban J connectivity index is 2.02. The number of aryl methyl sites for hydroxylation is 1. The molecule has 2 aromatic rings. The normalized spacial score (nSPS) is 11.1. The minimum Gasteiger partial charge on any atom is -0.493 e. The molecule has 0 bridgehead atoms. The molecule has 0 aliphatic carbocycles. The predicted octanol–water partition coefficient (Wildman–Crippen LogP) is 3.99. The largest absolute Gasteiger partial charge is 0.493 e. The fourth-order valence-electron chi connectivity index (χ4n) is 2.33. The highest BCUT2D eigenvalue weighted by Gasteiger charge is 2.07. The van der Waals surface area contributed by atoms with Crippen LogP contribution in [0.2, 0.25) is 0 Å². The summed E-state index contributed by atoms with van der Waals surface area (Å²) < 4.78 is 12.9. The first-order valence-corrected chi connectivity index (χ1v) is 8.85. The monoisotopic (exact) mass is 357 g/mol. The fourth-order valence-corrected chi connectivity index (χ4v) is 2.33. The Morgan fingerprint density at radius 3 is 2.81 bits per heavy atom. The molecule has 1 N–H and O–H groups in total. The number of aromatic nitrogens is 2. The van der Waals surface area contributed by atoms with Crippen LogP contribution in [0.3, 0.4) is 0 Å². The maximum Gasteiger partial charge on any atom is 0.249 e. The number of amides is 1. The van der Waals surface area contributed by atoms with Crippen LogP contribution in [-0.2, 0) is 11.3 Å². The Morgan fingerprint density at radius 2 is 2.12 bits per heavy atom. The van der Waals surface area contributed by atoms with Crippen molar-refractivity contribution in [2.45, 2.75) is 33.7 Å². The number of methoxy groups -OCH3 is 1. The number of rotatable bonds is 9. The van der Waals surface area contributed by atoms with Crippen molar-refractivity contribution in [1.82, 2.24) is 9.78 Å². The Labute approximate surface area is 154 Å². The number of nitrogens with zero attached hydrogens (tertiary/aromatic N) is 2. The summed E-state index contributed by atoms with van der Waals surface area (Å²) in [6.07, 6.45) is 5.86. The van der Waals surface area contributed by atoms with E-state index < -0.39 is 0 Å². The highest BCUT2D eigenvalue weighted by Crippen LogP contribution is 2.29. The van der Waals surface area contributed by atoms with Crippen molar-refractivity contribution in [3.63, 3.8) is 0 Å². The predicted molar refractivity (Wildman–Crippen MR) is 104 cm³/mol. The van der Waals surface area contributed by atoms with Gasteiger partial charge >= 0.3 is 0 Å². The van der Waals surface area contributed by atoms with Crippen LogP contribution in [0.15, 0.2) is 36.5 Å². The van der Waals surface area contributed by atoms with Gasteiger partial charge in [-0.15, -0.1) is 0 Å². The van der Waals surface area contributed by atoms with E-state index in [0.717, 1.165) is 18.5 Å². The number of benzene rings is 1. The second kappa shape index (κ2) is 9.65. The molecule has 2 rings (SSSR count). The SMILES string of the molecule is CCCn1nccc1NC(=O)/C=C/c1ccc(OCC(C)C)c(OC)c1. The molecule has 1 amide bonds. The number of nitrogens with one attached hydrogen (secondary N) is 1. The summed E-state index contributed by atoms with van der Waals surface area (Å²) in [6.45, 7) is 7.64. The molecule has 6 heteroatoms. The second-order valence-corrected chi connectivity index (χ2v) is 6.38. The molecule has 0 aliphatic heterocycles. The van der Waals surface area contributed by atoms with E-state index in [1.165, 1.54) is 6.08 Å². The zero-order chi connectivity index (χ0) is 18.9. The third kappa shape index (κ3) is 5.65. The Bertz CT molecular complexity index is 751. The summed E-state index contributed by atoms with van der Waals surface area (Å²) in [6, 6.07) is 7.38. The van der Waals surface area contributed by atoms with Gasteiger partial charge in [0.05, 0.1) is 19.9 Å². The molecule has 0 aliphatic rings. The van der Waals surface area contributed by atoms with Gasteiger partial charge in [-0.05, 0) is 36.1 Å². The second-order valence-electron chi connectivity index (χ2n) is 6.38. The van der Waals surface area contributed by atoms with Gasteiger partial charge in [-0.3, -0.25) is 4.79 Å². The molecule has 6 nitrogen and oxygen atoms in total. The van der Waals surface area contributed by atoms with Gasteiger partial charge in [0.25, 0.3) is 0 Å². The van der Waals surface area contributed by atoms with Gasteiger partial charge in [-0.25, -0.2) is 4.68 Å². The average molecular weight is 357 g/mol. The molecule has 0 saturated heterocycles. The Hall–Kier alpha value is -2.76. The van der Waals surface area contributed by atoms with Crippen molar-refractivity contribution in [2.75, 3.05) is 19.0 Å². The lowest BCUT2D eigenvalue weighted by molar-refractivity contribution is -0.111. The number of anilines is 1. The van der Waals surface area contributed by atoms with Crippen LogP contribution < -0.4 is 14.8 Å². The molecule has 0 spiro atoms. The summed E-state index contributed by atoms with van der Waals surface area (Å²) in [4.78, 5) is 12.1. The first kappa shape index (κ1) is 19.6. The third-order valence-corrected chi connectivity index (χ3v) is 3.59. The van der Waals surface area contributed by atoms with Gasteiger partial charge in [0.15, 0.2) is 11.5 Å². The van der Waals surface area contributed by atoms with E-state index in [2.05, 4.69) is 31.2 Å². The third-order valence-electron chi connectivity index (χ3n) is 3.59. The first-order chi connectivity index (χ1) is 12.5. The zero-order valence-electron chi connectivity index (χ0n) is 15.9. The summed E-state index contributed by atoms with van der Waals surface area (Å²) in [5.74, 6) is 2.27. The van der Waals surface area contributed by atoms with Crippen LogP contribution >= 0.6 is 0 Å². The van der Waals surface area contributed by atoms with Crippen LogP contribution in [0.4, 0.5) is 5.82 Å². The summed E-state index contributed by atoms with van der Waals surface area (Å²) in [5, 5.41) is 7.02. The lowest BCUT2D eigenvalue weighted by atomic mass is 10.2. The van der Waals surface area contributed by atoms with Crippen LogP contribution in [0.1, 0.15) is 32.8 Å². The van der Waals surface area contributed by atoms with Crippen molar-refractivity contribution in [3.8, 4) is 11.5 Å². The van der Waals surface area contributed by atoms with Crippen molar-refractivity contribution in [1.29, 1.82) is 0 Å². The van der Waals surface area contributed by atoms with Crippen LogP contribution in [0, 0.1) is 5.92 Å². The van der Waals surface area contributed by atoms with E-state index in [1.807, 2.05) is 18.2 Å². The van der Waals surface area contributed by atoms with E-state index in [-0.39, 0.29) is 5.91 Å².